The number of fused-ring (bicyclic) bond motifs is 1. The Bertz CT molecular complexity index is 376. The zero-order chi connectivity index (χ0) is 11.7. The van der Waals surface area contributed by atoms with E-state index in [4.69, 9.17) is 0 Å². The zero-order valence-corrected chi connectivity index (χ0v) is 10.1. The molecule has 1 aromatic rings. The Hall–Kier alpha value is -1.06. The van der Waals surface area contributed by atoms with Gasteiger partial charge in [-0.1, -0.05) is 12.1 Å². The van der Waals surface area contributed by atoms with Gasteiger partial charge < -0.3 is 10.4 Å². The highest BCUT2D eigenvalue weighted by molar-refractivity contribution is 5.28. The lowest BCUT2D eigenvalue weighted by Crippen LogP contribution is -2.34. The quantitative estimate of drug-likeness (QED) is 0.776. The van der Waals surface area contributed by atoms with Gasteiger partial charge in [-0.15, -0.1) is 0 Å². The topological polar surface area (TPSA) is 35.5 Å². The first-order chi connectivity index (χ1) is 8.34. The Labute approximate surface area is 102 Å². The molecule has 0 spiro atoms. The monoisotopic (exact) mass is 232 g/mol. The molecule has 3 rings (SSSR count). The van der Waals surface area contributed by atoms with Crippen LogP contribution in [0.2, 0.25) is 0 Å². The van der Waals surface area contributed by atoms with Crippen LogP contribution in [0.4, 0.5) is 0 Å². The van der Waals surface area contributed by atoms with Gasteiger partial charge in [0.05, 0.1) is 0 Å². The second kappa shape index (κ2) is 4.67. The number of hydrogen-bond acceptors (Lipinski definition) is 3. The van der Waals surface area contributed by atoms with Crippen LogP contribution in [-0.2, 0) is 0 Å². The van der Waals surface area contributed by atoms with Crippen LogP contribution in [0, 0.1) is 0 Å². The minimum atomic E-state index is 0.355. The van der Waals surface area contributed by atoms with Crippen LogP contribution < -0.4 is 5.32 Å². The Kier molecular flexibility index (Phi) is 3.04. The van der Waals surface area contributed by atoms with Crippen molar-refractivity contribution in [3.63, 3.8) is 0 Å². The third kappa shape index (κ3) is 2.17. The lowest BCUT2D eigenvalue weighted by atomic mass is 10.0. The molecule has 0 aromatic heterocycles. The molecule has 2 N–H and O–H groups in total. The number of benzene rings is 1. The maximum Gasteiger partial charge on any atom is 0.115 e. The molecule has 0 aliphatic carbocycles. The van der Waals surface area contributed by atoms with Crippen LogP contribution in [0.15, 0.2) is 24.3 Å². The Balaban J connectivity index is 1.86. The van der Waals surface area contributed by atoms with E-state index in [0.29, 0.717) is 11.8 Å². The van der Waals surface area contributed by atoms with Crippen molar-refractivity contribution in [3.8, 4) is 5.75 Å². The Morgan fingerprint density at radius 3 is 2.82 bits per heavy atom. The summed E-state index contributed by atoms with van der Waals surface area (Å²) in [6.07, 6.45) is 3.95. The summed E-state index contributed by atoms with van der Waals surface area (Å²) in [5, 5.41) is 12.9. The fraction of sp³-hybridized carbons (Fsp3) is 0.571. The zero-order valence-electron chi connectivity index (χ0n) is 10.1. The summed E-state index contributed by atoms with van der Waals surface area (Å²) < 4.78 is 0. The predicted molar refractivity (Wildman–Crippen MR) is 68.1 cm³/mol. The number of aromatic hydroxyl groups is 1. The van der Waals surface area contributed by atoms with E-state index in [0.717, 1.165) is 19.1 Å². The molecule has 2 saturated heterocycles. The molecular formula is C14H20N2O. The largest absolute Gasteiger partial charge is 0.508 e. The summed E-state index contributed by atoms with van der Waals surface area (Å²) in [7, 11) is 0. The average Bonchev–Trinajstić information content (AvgIpc) is 2.71. The molecule has 0 amide bonds. The molecule has 2 fully saturated rings. The van der Waals surface area contributed by atoms with Crippen molar-refractivity contribution in [2.45, 2.75) is 31.3 Å². The van der Waals surface area contributed by atoms with Crippen LogP contribution in [0.1, 0.15) is 30.9 Å². The van der Waals surface area contributed by atoms with Crippen LogP contribution in [0.25, 0.3) is 0 Å². The second-order valence-electron chi connectivity index (χ2n) is 5.13. The maximum absolute atomic E-state index is 9.37. The number of phenols is 1. The lowest BCUT2D eigenvalue weighted by molar-refractivity contribution is 0.192. The van der Waals surface area contributed by atoms with E-state index < -0.39 is 0 Å². The van der Waals surface area contributed by atoms with E-state index in [-0.39, 0.29) is 0 Å². The van der Waals surface area contributed by atoms with E-state index in [1.54, 1.807) is 12.1 Å². The van der Waals surface area contributed by atoms with E-state index in [9.17, 15) is 5.11 Å². The van der Waals surface area contributed by atoms with Crippen molar-refractivity contribution in [1.29, 1.82) is 0 Å². The van der Waals surface area contributed by atoms with Crippen molar-refractivity contribution >= 4 is 0 Å². The number of nitrogens with zero attached hydrogens (tertiary/aromatic N) is 1. The summed E-state index contributed by atoms with van der Waals surface area (Å²) in [6, 6.07) is 8.94. The molecule has 0 radical (unpaired) electrons. The minimum absolute atomic E-state index is 0.355. The summed E-state index contributed by atoms with van der Waals surface area (Å²) in [6.45, 7) is 3.38. The number of phenolic OH excluding ortho intramolecular Hbond substituents is 1. The van der Waals surface area contributed by atoms with Crippen LogP contribution in [0.3, 0.4) is 0 Å². The van der Waals surface area contributed by atoms with Gasteiger partial charge in [0.1, 0.15) is 5.75 Å². The van der Waals surface area contributed by atoms with E-state index in [2.05, 4.69) is 22.3 Å². The first kappa shape index (κ1) is 11.1. The highest BCUT2D eigenvalue weighted by Crippen LogP contribution is 2.32. The molecule has 0 bridgehead atoms. The van der Waals surface area contributed by atoms with Crippen molar-refractivity contribution < 1.29 is 5.11 Å². The van der Waals surface area contributed by atoms with Gasteiger partial charge in [0.2, 0.25) is 0 Å². The van der Waals surface area contributed by atoms with E-state index in [1.165, 1.54) is 31.4 Å². The van der Waals surface area contributed by atoms with Crippen molar-refractivity contribution in [2.24, 2.45) is 0 Å². The van der Waals surface area contributed by atoms with Gasteiger partial charge in [0.25, 0.3) is 0 Å². The SMILES string of the molecule is Oc1ccc(C2CNCCC3CCCN32)cc1. The van der Waals surface area contributed by atoms with Gasteiger partial charge in [-0.05, 0) is 50.0 Å². The molecule has 17 heavy (non-hydrogen) atoms. The second-order valence-corrected chi connectivity index (χ2v) is 5.13. The fourth-order valence-corrected chi connectivity index (χ4v) is 3.21. The standard InChI is InChI=1S/C14H20N2O/c17-13-5-3-11(4-6-13)14-10-15-8-7-12-2-1-9-16(12)14/h3-6,12,14-15,17H,1-2,7-10H2. The van der Waals surface area contributed by atoms with Crippen molar-refractivity contribution in [1.82, 2.24) is 10.2 Å². The third-order valence-electron chi connectivity index (χ3n) is 4.09. The number of rotatable bonds is 1. The Morgan fingerprint density at radius 1 is 1.18 bits per heavy atom. The van der Waals surface area contributed by atoms with Gasteiger partial charge in [0, 0.05) is 18.6 Å². The van der Waals surface area contributed by atoms with Gasteiger partial charge in [-0.25, -0.2) is 0 Å². The smallest absolute Gasteiger partial charge is 0.115 e. The molecular weight excluding hydrogens is 212 g/mol. The molecule has 2 aliphatic heterocycles. The lowest BCUT2D eigenvalue weighted by Gasteiger charge is -2.30. The average molecular weight is 232 g/mol. The molecule has 3 nitrogen and oxygen atoms in total. The predicted octanol–water partition coefficient (Wildman–Crippen LogP) is 1.89. The van der Waals surface area contributed by atoms with Gasteiger partial charge in [0.15, 0.2) is 0 Å². The normalized spacial score (nSPS) is 29.9. The summed E-state index contributed by atoms with van der Waals surface area (Å²) in [4.78, 5) is 2.65. The van der Waals surface area contributed by atoms with E-state index >= 15 is 0 Å². The molecule has 0 saturated carbocycles. The summed E-state index contributed by atoms with van der Waals surface area (Å²) >= 11 is 0. The fourth-order valence-electron chi connectivity index (χ4n) is 3.21. The van der Waals surface area contributed by atoms with Crippen LogP contribution in [0.5, 0.6) is 5.75 Å². The van der Waals surface area contributed by atoms with Crippen LogP contribution in [-0.4, -0.2) is 35.7 Å². The number of nitrogens with one attached hydrogen (secondary N) is 1. The molecule has 92 valence electrons. The minimum Gasteiger partial charge on any atom is -0.508 e. The molecule has 2 unspecified atom stereocenters. The first-order valence-electron chi connectivity index (χ1n) is 6.60. The van der Waals surface area contributed by atoms with Gasteiger partial charge in [-0.3, -0.25) is 4.90 Å². The highest BCUT2D eigenvalue weighted by atomic mass is 16.3. The van der Waals surface area contributed by atoms with Gasteiger partial charge >= 0.3 is 0 Å². The first-order valence-corrected chi connectivity index (χ1v) is 6.60. The van der Waals surface area contributed by atoms with E-state index in [1.807, 2.05) is 0 Å². The summed E-state index contributed by atoms with van der Waals surface area (Å²) in [5.41, 5.74) is 1.32. The highest BCUT2D eigenvalue weighted by Gasteiger charge is 2.32. The molecule has 2 atom stereocenters. The Morgan fingerprint density at radius 2 is 2.00 bits per heavy atom. The molecule has 2 heterocycles. The molecule has 3 heteroatoms. The van der Waals surface area contributed by atoms with Crippen LogP contribution >= 0.6 is 0 Å². The maximum atomic E-state index is 9.37. The molecule has 1 aromatic carbocycles. The number of hydrogen-bond donors (Lipinski definition) is 2. The molecule has 2 aliphatic rings. The van der Waals surface area contributed by atoms with Gasteiger partial charge in [-0.2, -0.15) is 0 Å². The van der Waals surface area contributed by atoms with Crippen molar-refractivity contribution in [3.05, 3.63) is 29.8 Å². The van der Waals surface area contributed by atoms with Crippen molar-refractivity contribution in [2.75, 3.05) is 19.6 Å². The third-order valence-corrected chi connectivity index (χ3v) is 4.09. The summed E-state index contributed by atoms with van der Waals surface area (Å²) in [5.74, 6) is 0.355.